The van der Waals surface area contributed by atoms with E-state index in [9.17, 15) is 4.79 Å². The predicted molar refractivity (Wildman–Crippen MR) is 84.0 cm³/mol. The van der Waals surface area contributed by atoms with Gasteiger partial charge in [-0.2, -0.15) is 5.26 Å². The van der Waals surface area contributed by atoms with Crippen LogP contribution in [0.1, 0.15) is 25.7 Å². The Kier molecular flexibility index (Phi) is 4.58. The number of hydrogen-bond donors (Lipinski definition) is 2. The average Bonchev–Trinajstić information content (AvgIpc) is 2.87. The van der Waals surface area contributed by atoms with Gasteiger partial charge in [0.2, 0.25) is 0 Å². The number of benzene rings is 1. The Balaban J connectivity index is 2.19. The van der Waals surface area contributed by atoms with Gasteiger partial charge in [0.05, 0.1) is 16.5 Å². The molecule has 3 N–H and O–H groups in total. The van der Waals surface area contributed by atoms with Crippen molar-refractivity contribution in [3.63, 3.8) is 0 Å². The molecule has 1 aromatic heterocycles. The lowest BCUT2D eigenvalue weighted by molar-refractivity contribution is 0.0957. The summed E-state index contributed by atoms with van der Waals surface area (Å²) in [6.45, 7) is 2.64. The highest BCUT2D eigenvalue weighted by atomic mass is 32.1. The van der Waals surface area contributed by atoms with Crippen molar-refractivity contribution in [1.82, 2.24) is 5.43 Å². The first-order valence-corrected chi connectivity index (χ1v) is 7.18. The van der Waals surface area contributed by atoms with Crippen molar-refractivity contribution in [2.75, 3.05) is 11.9 Å². The first-order chi connectivity index (χ1) is 10.0. The van der Waals surface area contributed by atoms with E-state index in [0.717, 1.165) is 16.1 Å². The Morgan fingerprint density at radius 1 is 1.48 bits per heavy atom. The van der Waals surface area contributed by atoms with E-state index in [2.05, 4.69) is 11.5 Å². The number of amides is 1. The third kappa shape index (κ3) is 3.40. The number of nitrogens with one attached hydrogen (secondary N) is 1. The van der Waals surface area contributed by atoms with Crippen molar-refractivity contribution in [1.29, 1.82) is 5.26 Å². The van der Waals surface area contributed by atoms with E-state index in [1.807, 2.05) is 43.1 Å². The Morgan fingerprint density at radius 3 is 2.90 bits per heavy atom. The molecule has 0 spiro atoms. The lowest BCUT2D eigenvalue weighted by atomic mass is 10.2. The van der Waals surface area contributed by atoms with Crippen LogP contribution in [0.4, 0.5) is 5.69 Å². The van der Waals surface area contributed by atoms with Gasteiger partial charge in [-0.05, 0) is 36.8 Å². The SMILES string of the molecule is Cc1sc(C(=O)NN)cc1CN(C)c1cccc(C#N)c1. The van der Waals surface area contributed by atoms with Gasteiger partial charge < -0.3 is 4.90 Å². The molecule has 5 nitrogen and oxygen atoms in total. The maximum absolute atomic E-state index is 11.5. The van der Waals surface area contributed by atoms with Crippen LogP contribution in [0.2, 0.25) is 0 Å². The zero-order valence-electron chi connectivity index (χ0n) is 11.9. The summed E-state index contributed by atoms with van der Waals surface area (Å²) < 4.78 is 0. The number of nitrogens with zero attached hydrogens (tertiary/aromatic N) is 2. The Bertz CT molecular complexity index is 702. The molecule has 21 heavy (non-hydrogen) atoms. The van der Waals surface area contributed by atoms with Gasteiger partial charge in [0.1, 0.15) is 0 Å². The number of nitrogens with two attached hydrogens (primary N) is 1. The van der Waals surface area contributed by atoms with Crippen LogP contribution < -0.4 is 16.2 Å². The summed E-state index contributed by atoms with van der Waals surface area (Å²) in [6, 6.07) is 11.4. The fourth-order valence-electron chi connectivity index (χ4n) is 2.02. The molecule has 0 saturated carbocycles. The fourth-order valence-corrected chi connectivity index (χ4v) is 2.96. The summed E-state index contributed by atoms with van der Waals surface area (Å²) >= 11 is 1.42. The van der Waals surface area contributed by atoms with Gasteiger partial charge in [0.15, 0.2) is 0 Å². The van der Waals surface area contributed by atoms with E-state index < -0.39 is 0 Å². The predicted octanol–water partition coefficient (Wildman–Crippen LogP) is 2.17. The highest BCUT2D eigenvalue weighted by Gasteiger charge is 2.13. The number of hydrogen-bond acceptors (Lipinski definition) is 5. The molecular formula is C15H16N4OS. The number of carbonyl (C=O) groups is 1. The van der Waals surface area contributed by atoms with Gasteiger partial charge in [0.25, 0.3) is 5.91 Å². The summed E-state index contributed by atoms with van der Waals surface area (Å²) in [7, 11) is 1.95. The van der Waals surface area contributed by atoms with Crippen molar-refractivity contribution in [3.05, 3.63) is 51.2 Å². The van der Waals surface area contributed by atoms with Crippen molar-refractivity contribution in [2.45, 2.75) is 13.5 Å². The number of aryl methyl sites for hydroxylation is 1. The fraction of sp³-hybridized carbons (Fsp3) is 0.200. The third-order valence-electron chi connectivity index (χ3n) is 3.20. The van der Waals surface area contributed by atoms with Crippen molar-refractivity contribution >= 4 is 22.9 Å². The molecule has 2 rings (SSSR count). The van der Waals surface area contributed by atoms with Gasteiger partial charge in [-0.25, -0.2) is 5.84 Å². The number of thiophene rings is 1. The third-order valence-corrected chi connectivity index (χ3v) is 4.29. The molecule has 0 aliphatic rings. The second kappa shape index (κ2) is 6.39. The Hall–Kier alpha value is -2.36. The zero-order valence-corrected chi connectivity index (χ0v) is 12.7. The standard InChI is InChI=1S/C15H16N4OS/c1-10-12(7-14(21-10)15(20)18-17)9-19(2)13-5-3-4-11(6-13)8-16/h3-7H,9,17H2,1-2H3,(H,18,20). The minimum absolute atomic E-state index is 0.275. The van der Waals surface area contributed by atoms with Gasteiger partial charge in [-0.15, -0.1) is 11.3 Å². The second-order valence-electron chi connectivity index (χ2n) is 4.68. The summed E-state index contributed by atoms with van der Waals surface area (Å²) in [5.74, 6) is 4.88. The van der Waals surface area contributed by atoms with Crippen LogP contribution in [0, 0.1) is 18.3 Å². The summed E-state index contributed by atoms with van der Waals surface area (Å²) in [6.07, 6.45) is 0. The minimum atomic E-state index is -0.275. The normalized spacial score (nSPS) is 10.0. The number of anilines is 1. The number of rotatable bonds is 4. The van der Waals surface area contributed by atoms with E-state index in [1.54, 1.807) is 6.07 Å². The van der Waals surface area contributed by atoms with E-state index in [0.29, 0.717) is 17.0 Å². The molecule has 1 aromatic carbocycles. The van der Waals surface area contributed by atoms with Crippen LogP contribution in [-0.4, -0.2) is 13.0 Å². The molecule has 0 saturated heterocycles. The van der Waals surface area contributed by atoms with Gasteiger partial charge in [-0.1, -0.05) is 6.07 Å². The molecule has 6 heteroatoms. The van der Waals surface area contributed by atoms with Crippen LogP contribution in [0.25, 0.3) is 0 Å². The number of nitrogen functional groups attached to an aromatic ring is 1. The topological polar surface area (TPSA) is 82.2 Å². The molecular weight excluding hydrogens is 284 g/mol. The van der Waals surface area contributed by atoms with Gasteiger partial charge in [0, 0.05) is 24.2 Å². The van der Waals surface area contributed by atoms with Crippen molar-refractivity contribution < 1.29 is 4.79 Å². The number of hydrazine groups is 1. The Morgan fingerprint density at radius 2 is 2.24 bits per heavy atom. The quantitative estimate of drug-likeness (QED) is 0.515. The maximum Gasteiger partial charge on any atom is 0.275 e. The summed E-state index contributed by atoms with van der Waals surface area (Å²) in [4.78, 5) is 15.3. The molecule has 2 aromatic rings. The minimum Gasteiger partial charge on any atom is -0.370 e. The van der Waals surface area contributed by atoms with Crippen LogP contribution in [-0.2, 0) is 6.54 Å². The molecule has 0 atom stereocenters. The highest BCUT2D eigenvalue weighted by Crippen LogP contribution is 2.24. The molecule has 0 radical (unpaired) electrons. The maximum atomic E-state index is 11.5. The van der Waals surface area contributed by atoms with Crippen LogP contribution in [0.15, 0.2) is 30.3 Å². The molecule has 108 valence electrons. The molecule has 0 bridgehead atoms. The molecule has 0 unspecified atom stereocenters. The number of nitriles is 1. The molecule has 0 aliphatic heterocycles. The smallest absolute Gasteiger partial charge is 0.275 e. The number of carbonyl (C=O) groups excluding carboxylic acids is 1. The van der Waals surface area contributed by atoms with E-state index in [-0.39, 0.29) is 5.91 Å². The van der Waals surface area contributed by atoms with Crippen molar-refractivity contribution in [2.24, 2.45) is 5.84 Å². The van der Waals surface area contributed by atoms with Gasteiger partial charge >= 0.3 is 0 Å². The molecule has 0 fully saturated rings. The summed E-state index contributed by atoms with van der Waals surface area (Å²) in [5, 5.41) is 8.95. The average molecular weight is 300 g/mol. The summed E-state index contributed by atoms with van der Waals surface area (Å²) in [5.41, 5.74) is 4.81. The Labute approximate surface area is 127 Å². The monoisotopic (exact) mass is 300 g/mol. The highest BCUT2D eigenvalue weighted by molar-refractivity contribution is 7.14. The zero-order chi connectivity index (χ0) is 15.4. The lowest BCUT2D eigenvalue weighted by Gasteiger charge is -2.19. The van der Waals surface area contributed by atoms with Crippen LogP contribution in [0.3, 0.4) is 0 Å². The lowest BCUT2D eigenvalue weighted by Crippen LogP contribution is -2.29. The first-order valence-electron chi connectivity index (χ1n) is 6.36. The van der Waals surface area contributed by atoms with E-state index >= 15 is 0 Å². The largest absolute Gasteiger partial charge is 0.370 e. The van der Waals surface area contributed by atoms with E-state index in [1.165, 1.54) is 11.3 Å². The molecule has 0 aliphatic carbocycles. The second-order valence-corrected chi connectivity index (χ2v) is 5.94. The van der Waals surface area contributed by atoms with Crippen LogP contribution >= 0.6 is 11.3 Å². The molecule has 1 heterocycles. The molecule has 1 amide bonds. The van der Waals surface area contributed by atoms with Gasteiger partial charge in [-0.3, -0.25) is 10.2 Å². The van der Waals surface area contributed by atoms with Crippen LogP contribution in [0.5, 0.6) is 0 Å². The first kappa shape index (κ1) is 15.0. The van der Waals surface area contributed by atoms with E-state index in [4.69, 9.17) is 11.1 Å². The van der Waals surface area contributed by atoms with Crippen molar-refractivity contribution in [3.8, 4) is 6.07 Å².